The highest BCUT2D eigenvalue weighted by atomic mass is 16.2. The van der Waals surface area contributed by atoms with Gasteiger partial charge in [0, 0.05) is 25.7 Å². The Hall–Kier alpha value is -0.770. The Bertz CT molecular complexity index is 274. The number of piperidine rings is 2. The average Bonchev–Trinajstić information content (AvgIpc) is 2.39. The molecule has 0 aromatic carbocycles. The Morgan fingerprint density at radius 2 is 1.94 bits per heavy atom. The minimum Gasteiger partial charge on any atom is -0.334 e. The van der Waals surface area contributed by atoms with Crippen molar-refractivity contribution in [1.29, 1.82) is 0 Å². The Morgan fingerprint density at radius 3 is 2.61 bits per heavy atom. The lowest BCUT2D eigenvalue weighted by molar-refractivity contribution is 0.155. The van der Waals surface area contributed by atoms with Gasteiger partial charge in [-0.3, -0.25) is 0 Å². The van der Waals surface area contributed by atoms with Crippen LogP contribution in [0.1, 0.15) is 39.5 Å². The predicted molar refractivity (Wildman–Crippen MR) is 73.6 cm³/mol. The van der Waals surface area contributed by atoms with E-state index < -0.39 is 0 Å². The minimum atomic E-state index is 0.157. The Morgan fingerprint density at radius 1 is 1.22 bits per heavy atom. The molecule has 0 aromatic rings. The summed E-state index contributed by atoms with van der Waals surface area (Å²) in [5, 5.41) is 3.21. The number of carbonyl (C=O) groups excluding carboxylic acids is 1. The van der Waals surface area contributed by atoms with Gasteiger partial charge in [-0.1, -0.05) is 13.8 Å². The number of likely N-dealkylation sites (N-methyl/N-ethyl adjacent to an activating group) is 1. The second kappa shape index (κ2) is 6.41. The summed E-state index contributed by atoms with van der Waals surface area (Å²) in [5.41, 5.74) is 0. The van der Waals surface area contributed by atoms with Gasteiger partial charge in [-0.15, -0.1) is 0 Å². The minimum absolute atomic E-state index is 0.157. The smallest absolute Gasteiger partial charge is 0.317 e. The Balaban J connectivity index is 1.76. The average molecular weight is 253 g/mol. The lowest BCUT2D eigenvalue weighted by Gasteiger charge is -2.35. The first kappa shape index (κ1) is 13.7. The summed E-state index contributed by atoms with van der Waals surface area (Å²) in [7, 11) is 0. The lowest BCUT2D eigenvalue weighted by atomic mass is 9.99. The fraction of sp³-hybridized carbons (Fsp3) is 0.929. The molecular weight excluding hydrogens is 226 g/mol. The van der Waals surface area contributed by atoms with Crippen molar-refractivity contribution in [3.05, 3.63) is 0 Å². The SMILES string of the molecule is CCN1CCCC(NC(=O)N2CCC(C)CC2)C1. The first-order valence-corrected chi connectivity index (χ1v) is 7.46. The van der Waals surface area contributed by atoms with Gasteiger partial charge in [0.05, 0.1) is 0 Å². The van der Waals surface area contributed by atoms with E-state index in [1.807, 2.05) is 4.90 Å². The molecule has 0 saturated carbocycles. The quantitative estimate of drug-likeness (QED) is 0.816. The highest BCUT2D eigenvalue weighted by Crippen LogP contribution is 2.16. The van der Waals surface area contributed by atoms with Crippen LogP contribution in [-0.4, -0.2) is 54.6 Å². The highest BCUT2D eigenvalue weighted by molar-refractivity contribution is 5.74. The van der Waals surface area contributed by atoms with E-state index >= 15 is 0 Å². The van der Waals surface area contributed by atoms with Crippen LogP contribution in [0.3, 0.4) is 0 Å². The Kier molecular flexibility index (Phi) is 4.87. The van der Waals surface area contributed by atoms with Crippen molar-refractivity contribution in [1.82, 2.24) is 15.1 Å². The van der Waals surface area contributed by atoms with Gasteiger partial charge >= 0.3 is 6.03 Å². The number of nitrogens with one attached hydrogen (secondary N) is 1. The third kappa shape index (κ3) is 3.61. The number of amides is 2. The summed E-state index contributed by atoms with van der Waals surface area (Å²) in [4.78, 5) is 16.6. The van der Waals surface area contributed by atoms with Crippen molar-refractivity contribution < 1.29 is 4.79 Å². The van der Waals surface area contributed by atoms with E-state index in [9.17, 15) is 4.79 Å². The maximum atomic E-state index is 12.2. The van der Waals surface area contributed by atoms with Crippen molar-refractivity contribution in [2.75, 3.05) is 32.7 Å². The van der Waals surface area contributed by atoms with Crippen LogP contribution >= 0.6 is 0 Å². The molecule has 2 aliphatic rings. The largest absolute Gasteiger partial charge is 0.334 e. The fourth-order valence-electron chi connectivity index (χ4n) is 2.94. The van der Waals surface area contributed by atoms with E-state index in [0.29, 0.717) is 6.04 Å². The molecule has 2 amide bonds. The van der Waals surface area contributed by atoms with E-state index in [0.717, 1.165) is 51.4 Å². The van der Waals surface area contributed by atoms with Crippen molar-refractivity contribution in [2.45, 2.75) is 45.6 Å². The van der Waals surface area contributed by atoms with Gasteiger partial charge in [0.2, 0.25) is 0 Å². The molecule has 0 aromatic heterocycles. The van der Waals surface area contributed by atoms with E-state index in [4.69, 9.17) is 0 Å². The van der Waals surface area contributed by atoms with Crippen LogP contribution in [-0.2, 0) is 0 Å². The fourth-order valence-corrected chi connectivity index (χ4v) is 2.94. The summed E-state index contributed by atoms with van der Waals surface area (Å²) in [6.45, 7) is 9.62. The van der Waals surface area contributed by atoms with Gasteiger partial charge in [0.1, 0.15) is 0 Å². The van der Waals surface area contributed by atoms with Crippen LogP contribution in [0, 0.1) is 5.92 Å². The van der Waals surface area contributed by atoms with Crippen LogP contribution in [0.2, 0.25) is 0 Å². The summed E-state index contributed by atoms with van der Waals surface area (Å²) in [6.07, 6.45) is 4.64. The highest BCUT2D eigenvalue weighted by Gasteiger charge is 2.24. The molecular formula is C14H27N3O. The summed E-state index contributed by atoms with van der Waals surface area (Å²) in [6, 6.07) is 0.510. The zero-order valence-corrected chi connectivity index (χ0v) is 11.8. The Labute approximate surface area is 111 Å². The summed E-state index contributed by atoms with van der Waals surface area (Å²) >= 11 is 0. The van der Waals surface area contributed by atoms with Crippen LogP contribution in [0.25, 0.3) is 0 Å². The van der Waals surface area contributed by atoms with Crippen molar-refractivity contribution in [3.8, 4) is 0 Å². The van der Waals surface area contributed by atoms with Crippen LogP contribution in [0.4, 0.5) is 4.79 Å². The molecule has 104 valence electrons. The number of hydrogen-bond donors (Lipinski definition) is 1. The molecule has 1 unspecified atom stereocenters. The molecule has 0 bridgehead atoms. The third-order valence-electron chi connectivity index (χ3n) is 4.35. The van der Waals surface area contributed by atoms with Crippen molar-refractivity contribution in [2.24, 2.45) is 5.92 Å². The van der Waals surface area contributed by atoms with Crippen molar-refractivity contribution >= 4 is 6.03 Å². The standard InChI is InChI=1S/C14H27N3O/c1-3-16-8-4-5-13(11-16)15-14(18)17-9-6-12(2)7-10-17/h12-13H,3-11H2,1-2H3,(H,15,18). The molecule has 2 rings (SSSR count). The number of hydrogen-bond acceptors (Lipinski definition) is 2. The molecule has 0 aliphatic carbocycles. The topological polar surface area (TPSA) is 35.6 Å². The second-order valence-electron chi connectivity index (χ2n) is 5.85. The molecule has 2 aliphatic heterocycles. The molecule has 2 saturated heterocycles. The number of likely N-dealkylation sites (tertiary alicyclic amines) is 2. The van der Waals surface area contributed by atoms with Crippen LogP contribution in [0.5, 0.6) is 0 Å². The van der Waals surface area contributed by atoms with Crippen LogP contribution in [0.15, 0.2) is 0 Å². The van der Waals surface area contributed by atoms with Gasteiger partial charge in [0.25, 0.3) is 0 Å². The van der Waals surface area contributed by atoms with Crippen molar-refractivity contribution in [3.63, 3.8) is 0 Å². The van der Waals surface area contributed by atoms with Gasteiger partial charge in [0.15, 0.2) is 0 Å². The number of urea groups is 1. The molecule has 1 N–H and O–H groups in total. The second-order valence-corrected chi connectivity index (χ2v) is 5.85. The van der Waals surface area contributed by atoms with E-state index in [-0.39, 0.29) is 6.03 Å². The summed E-state index contributed by atoms with van der Waals surface area (Å²) in [5.74, 6) is 0.777. The number of rotatable bonds is 2. The number of nitrogens with zero attached hydrogens (tertiary/aromatic N) is 2. The van der Waals surface area contributed by atoms with Gasteiger partial charge < -0.3 is 15.1 Å². The molecule has 4 heteroatoms. The normalized spacial score (nSPS) is 27.2. The maximum Gasteiger partial charge on any atom is 0.317 e. The molecule has 0 radical (unpaired) electrons. The first-order valence-electron chi connectivity index (χ1n) is 7.46. The molecule has 0 spiro atoms. The molecule has 4 nitrogen and oxygen atoms in total. The van der Waals surface area contributed by atoms with E-state index in [2.05, 4.69) is 24.1 Å². The molecule has 2 fully saturated rings. The third-order valence-corrected chi connectivity index (χ3v) is 4.35. The zero-order chi connectivity index (χ0) is 13.0. The van der Waals surface area contributed by atoms with E-state index in [1.165, 1.54) is 13.0 Å². The van der Waals surface area contributed by atoms with E-state index in [1.54, 1.807) is 0 Å². The maximum absolute atomic E-state index is 12.2. The monoisotopic (exact) mass is 253 g/mol. The van der Waals surface area contributed by atoms with Gasteiger partial charge in [-0.25, -0.2) is 4.79 Å². The molecule has 1 atom stereocenters. The first-order chi connectivity index (χ1) is 8.69. The van der Waals surface area contributed by atoms with Gasteiger partial charge in [-0.05, 0) is 44.7 Å². The molecule has 18 heavy (non-hydrogen) atoms. The van der Waals surface area contributed by atoms with Crippen LogP contribution < -0.4 is 5.32 Å². The summed E-state index contributed by atoms with van der Waals surface area (Å²) < 4.78 is 0. The zero-order valence-electron chi connectivity index (χ0n) is 11.8. The molecule has 2 heterocycles. The number of carbonyl (C=O) groups is 1. The van der Waals surface area contributed by atoms with Gasteiger partial charge in [-0.2, -0.15) is 0 Å². The predicted octanol–water partition coefficient (Wildman–Crippen LogP) is 1.91. The lowest BCUT2D eigenvalue weighted by Crippen LogP contribution is -2.52.